The summed E-state index contributed by atoms with van der Waals surface area (Å²) in [6.07, 6.45) is 1.48. The van der Waals surface area contributed by atoms with Crippen molar-refractivity contribution in [2.75, 3.05) is 16.5 Å². The van der Waals surface area contributed by atoms with E-state index >= 15 is 0 Å². The molecular weight excluding hydrogens is 216 g/mol. The van der Waals surface area contributed by atoms with Gasteiger partial charge in [-0.1, -0.05) is 0 Å². The minimum atomic E-state index is -0.0664. The summed E-state index contributed by atoms with van der Waals surface area (Å²) in [4.78, 5) is 8.21. The van der Waals surface area contributed by atoms with Crippen molar-refractivity contribution in [2.24, 2.45) is 0 Å². The summed E-state index contributed by atoms with van der Waals surface area (Å²) < 4.78 is 0. The zero-order valence-electron chi connectivity index (χ0n) is 11.1. The van der Waals surface area contributed by atoms with Crippen molar-refractivity contribution in [3.05, 3.63) is 6.33 Å². The molecule has 0 aliphatic carbocycles. The predicted molar refractivity (Wildman–Crippen MR) is 71.7 cm³/mol. The average molecular weight is 238 g/mol. The molecule has 0 saturated carbocycles. The number of hydrogen-bond acceptors (Lipinski definition) is 6. The van der Waals surface area contributed by atoms with E-state index in [1.165, 1.54) is 6.33 Å². The Morgan fingerprint density at radius 1 is 1.18 bits per heavy atom. The highest BCUT2D eigenvalue weighted by molar-refractivity contribution is 5.73. The lowest BCUT2D eigenvalue weighted by Crippen LogP contribution is -2.40. The molecule has 1 aromatic rings. The maximum Gasteiger partial charge on any atom is 0.169 e. The second-order valence-corrected chi connectivity index (χ2v) is 5.28. The Morgan fingerprint density at radius 3 is 2.29 bits per heavy atom. The Morgan fingerprint density at radius 2 is 1.76 bits per heavy atom. The first-order valence-electron chi connectivity index (χ1n) is 5.70. The first-order valence-corrected chi connectivity index (χ1v) is 5.70. The summed E-state index contributed by atoms with van der Waals surface area (Å²) in [7, 11) is 0. The smallest absolute Gasteiger partial charge is 0.169 e. The molecule has 6 nitrogen and oxygen atoms in total. The lowest BCUT2D eigenvalue weighted by atomic mass is 10.1. The van der Waals surface area contributed by atoms with Crippen molar-refractivity contribution in [3.8, 4) is 0 Å². The van der Waals surface area contributed by atoms with Crippen LogP contribution in [0.2, 0.25) is 0 Å². The molecule has 0 amide bonds. The summed E-state index contributed by atoms with van der Waals surface area (Å²) in [6, 6.07) is 0.274. The first-order chi connectivity index (χ1) is 7.79. The van der Waals surface area contributed by atoms with E-state index in [0.29, 0.717) is 17.3 Å². The van der Waals surface area contributed by atoms with E-state index in [2.05, 4.69) is 26.1 Å². The van der Waals surface area contributed by atoms with Gasteiger partial charge in [-0.25, -0.2) is 15.4 Å². The fourth-order valence-corrected chi connectivity index (χ4v) is 1.13. The van der Waals surface area contributed by atoms with Gasteiger partial charge in [-0.15, -0.1) is 0 Å². The van der Waals surface area contributed by atoms with E-state index in [1.54, 1.807) is 0 Å². The number of rotatable bonds is 4. The summed E-state index contributed by atoms with van der Waals surface area (Å²) in [5.74, 6) is 1.23. The fraction of sp³-hybridized carbons (Fsp3) is 0.636. The van der Waals surface area contributed by atoms with Gasteiger partial charge in [0.1, 0.15) is 12.0 Å². The number of aromatic nitrogens is 2. The van der Waals surface area contributed by atoms with Crippen molar-refractivity contribution in [2.45, 2.75) is 46.2 Å². The van der Waals surface area contributed by atoms with E-state index < -0.39 is 0 Å². The van der Waals surface area contributed by atoms with Crippen LogP contribution in [0.15, 0.2) is 6.33 Å². The van der Waals surface area contributed by atoms with Crippen LogP contribution >= 0.6 is 0 Å². The molecule has 1 aromatic heterocycles. The molecule has 1 rings (SSSR count). The molecule has 6 heteroatoms. The molecular formula is C11H22N6. The van der Waals surface area contributed by atoms with Crippen LogP contribution in [0, 0.1) is 0 Å². The Hall–Kier alpha value is -1.56. The van der Waals surface area contributed by atoms with E-state index in [4.69, 9.17) is 5.73 Å². The van der Waals surface area contributed by atoms with Crippen LogP contribution in [-0.2, 0) is 0 Å². The third-order valence-corrected chi connectivity index (χ3v) is 1.87. The Bertz CT molecular complexity index is 369. The van der Waals surface area contributed by atoms with Gasteiger partial charge < -0.3 is 16.5 Å². The quantitative estimate of drug-likeness (QED) is 0.596. The number of hydrogen-bond donors (Lipinski definition) is 4. The van der Waals surface area contributed by atoms with Crippen LogP contribution in [0.3, 0.4) is 0 Å². The standard InChI is InChI=1S/C11H22N6/c1-7(2)15-9-8(12)10(14-6-13-9)16-17-11(3,4)5/h6-7,17H,12H2,1-5H3,(H2,13,14,15,16). The summed E-state index contributed by atoms with van der Waals surface area (Å²) in [5, 5.41) is 3.17. The lowest BCUT2D eigenvalue weighted by molar-refractivity contribution is 0.464. The van der Waals surface area contributed by atoms with Crippen LogP contribution in [0.1, 0.15) is 34.6 Å². The number of nitrogens with two attached hydrogens (primary N) is 1. The van der Waals surface area contributed by atoms with E-state index in [-0.39, 0.29) is 11.6 Å². The third-order valence-electron chi connectivity index (χ3n) is 1.87. The molecule has 0 atom stereocenters. The SMILES string of the molecule is CC(C)Nc1ncnc(NNC(C)(C)C)c1N. The largest absolute Gasteiger partial charge is 0.393 e. The molecule has 0 bridgehead atoms. The highest BCUT2D eigenvalue weighted by Gasteiger charge is 2.12. The van der Waals surface area contributed by atoms with Crippen molar-refractivity contribution in [1.82, 2.24) is 15.4 Å². The molecule has 0 aliphatic heterocycles. The fourth-order valence-electron chi connectivity index (χ4n) is 1.13. The zero-order chi connectivity index (χ0) is 13.1. The monoisotopic (exact) mass is 238 g/mol. The van der Waals surface area contributed by atoms with Crippen LogP contribution in [0.25, 0.3) is 0 Å². The number of nitrogens with one attached hydrogen (secondary N) is 3. The molecule has 0 aliphatic rings. The van der Waals surface area contributed by atoms with Crippen molar-refractivity contribution in [3.63, 3.8) is 0 Å². The molecule has 0 saturated heterocycles. The van der Waals surface area contributed by atoms with E-state index in [1.807, 2.05) is 34.6 Å². The number of anilines is 3. The normalized spacial score (nSPS) is 11.6. The van der Waals surface area contributed by atoms with Gasteiger partial charge in [-0.2, -0.15) is 0 Å². The number of nitrogens with zero attached hydrogens (tertiary/aromatic N) is 2. The van der Waals surface area contributed by atoms with E-state index in [0.717, 1.165) is 0 Å². The molecule has 0 fully saturated rings. The summed E-state index contributed by atoms with van der Waals surface area (Å²) in [5.41, 5.74) is 12.5. The Kier molecular flexibility index (Phi) is 4.11. The highest BCUT2D eigenvalue weighted by atomic mass is 15.4. The Labute approximate surface area is 102 Å². The zero-order valence-corrected chi connectivity index (χ0v) is 11.1. The van der Waals surface area contributed by atoms with Crippen molar-refractivity contribution < 1.29 is 0 Å². The average Bonchev–Trinajstić information content (AvgIpc) is 2.17. The van der Waals surface area contributed by atoms with Gasteiger partial charge >= 0.3 is 0 Å². The van der Waals surface area contributed by atoms with Gasteiger partial charge in [0.25, 0.3) is 0 Å². The molecule has 0 aromatic carbocycles. The molecule has 0 radical (unpaired) electrons. The second kappa shape index (κ2) is 5.18. The summed E-state index contributed by atoms with van der Waals surface area (Å²) in [6.45, 7) is 10.2. The first kappa shape index (κ1) is 13.5. The predicted octanol–water partition coefficient (Wildman–Crippen LogP) is 1.59. The van der Waals surface area contributed by atoms with Gasteiger partial charge in [0.05, 0.1) is 0 Å². The lowest BCUT2D eigenvalue weighted by Gasteiger charge is -2.22. The van der Waals surface area contributed by atoms with E-state index in [9.17, 15) is 0 Å². The molecule has 1 heterocycles. The molecule has 5 N–H and O–H groups in total. The maximum atomic E-state index is 5.97. The van der Waals surface area contributed by atoms with Gasteiger partial charge in [0.2, 0.25) is 0 Å². The number of hydrazine groups is 1. The third kappa shape index (κ3) is 4.44. The number of nitrogen functional groups attached to an aromatic ring is 1. The minimum absolute atomic E-state index is 0.0664. The highest BCUT2D eigenvalue weighted by Crippen LogP contribution is 2.22. The van der Waals surface area contributed by atoms with Crippen molar-refractivity contribution in [1.29, 1.82) is 0 Å². The van der Waals surface area contributed by atoms with Crippen LogP contribution < -0.4 is 21.9 Å². The minimum Gasteiger partial charge on any atom is -0.393 e. The molecule has 17 heavy (non-hydrogen) atoms. The molecule has 0 spiro atoms. The van der Waals surface area contributed by atoms with Gasteiger partial charge in [0.15, 0.2) is 11.6 Å². The summed E-state index contributed by atoms with van der Waals surface area (Å²) >= 11 is 0. The van der Waals surface area contributed by atoms with Gasteiger partial charge in [0, 0.05) is 11.6 Å². The molecule has 96 valence electrons. The Balaban J connectivity index is 2.80. The van der Waals surface area contributed by atoms with Crippen LogP contribution in [0.5, 0.6) is 0 Å². The second-order valence-electron chi connectivity index (χ2n) is 5.28. The topological polar surface area (TPSA) is 87.9 Å². The van der Waals surface area contributed by atoms with Gasteiger partial charge in [-0.3, -0.25) is 0 Å². The van der Waals surface area contributed by atoms with Crippen LogP contribution in [0.4, 0.5) is 17.3 Å². The van der Waals surface area contributed by atoms with Gasteiger partial charge in [-0.05, 0) is 34.6 Å². The molecule has 0 unspecified atom stereocenters. The van der Waals surface area contributed by atoms with Crippen molar-refractivity contribution >= 4 is 17.3 Å². The van der Waals surface area contributed by atoms with Crippen LogP contribution in [-0.4, -0.2) is 21.5 Å². The maximum absolute atomic E-state index is 5.97.